The first-order valence-corrected chi connectivity index (χ1v) is 11.7. The fourth-order valence-electron chi connectivity index (χ4n) is 3.56. The van der Waals surface area contributed by atoms with Crippen molar-refractivity contribution in [2.24, 2.45) is 0 Å². The van der Waals surface area contributed by atoms with Crippen molar-refractivity contribution in [2.45, 2.75) is 25.9 Å². The van der Waals surface area contributed by atoms with Gasteiger partial charge in [0.25, 0.3) is 0 Å². The van der Waals surface area contributed by atoms with Crippen LogP contribution < -0.4 is 9.62 Å². The van der Waals surface area contributed by atoms with E-state index in [4.69, 9.17) is 0 Å². The zero-order valence-corrected chi connectivity index (χ0v) is 18.4. The largest absolute Gasteiger partial charge is 0.343 e. The lowest BCUT2D eigenvalue weighted by molar-refractivity contribution is -0.122. The van der Waals surface area contributed by atoms with Crippen LogP contribution in [0.4, 0.5) is 10.1 Å². The Labute approximate surface area is 182 Å². The standard InChI is InChI=1S/C24H25FN2O3S/c1-17-9-7-8-12-22(17)23(19-10-5-4-6-11-19)26-24(28)18(2)27(31(3,29)30)21-15-13-20(25)14-16-21/h4-16,18,23H,1-3H3,(H,26,28)/t18-,23+/m0/s1. The third-order valence-corrected chi connectivity index (χ3v) is 6.33. The number of anilines is 1. The van der Waals surface area contributed by atoms with Crippen LogP contribution in [0.3, 0.4) is 0 Å². The minimum Gasteiger partial charge on any atom is -0.343 e. The predicted molar refractivity (Wildman–Crippen MR) is 121 cm³/mol. The molecule has 0 aliphatic carbocycles. The van der Waals surface area contributed by atoms with Gasteiger partial charge in [-0.1, -0.05) is 54.6 Å². The van der Waals surface area contributed by atoms with Gasteiger partial charge < -0.3 is 5.32 Å². The minimum atomic E-state index is -3.80. The van der Waals surface area contributed by atoms with E-state index in [9.17, 15) is 17.6 Å². The van der Waals surface area contributed by atoms with Crippen molar-refractivity contribution in [2.75, 3.05) is 10.6 Å². The molecular weight excluding hydrogens is 415 g/mol. The number of benzene rings is 3. The van der Waals surface area contributed by atoms with Gasteiger partial charge in [0.2, 0.25) is 15.9 Å². The highest BCUT2D eigenvalue weighted by atomic mass is 32.2. The van der Waals surface area contributed by atoms with Crippen molar-refractivity contribution in [3.8, 4) is 0 Å². The molecule has 0 spiro atoms. The number of nitrogens with one attached hydrogen (secondary N) is 1. The monoisotopic (exact) mass is 440 g/mol. The van der Waals surface area contributed by atoms with Crippen LogP contribution in [-0.2, 0) is 14.8 Å². The minimum absolute atomic E-state index is 0.221. The van der Waals surface area contributed by atoms with Gasteiger partial charge in [-0.15, -0.1) is 0 Å². The maximum atomic E-state index is 13.3. The summed E-state index contributed by atoms with van der Waals surface area (Å²) in [6.45, 7) is 3.47. The normalized spacial score (nSPS) is 13.3. The van der Waals surface area contributed by atoms with Crippen LogP contribution in [-0.4, -0.2) is 26.6 Å². The molecule has 0 aliphatic rings. The van der Waals surface area contributed by atoms with Crippen molar-refractivity contribution < 1.29 is 17.6 Å². The Hall–Kier alpha value is -3.19. The van der Waals surface area contributed by atoms with Gasteiger partial charge in [-0.3, -0.25) is 9.10 Å². The van der Waals surface area contributed by atoms with Gasteiger partial charge in [0, 0.05) is 0 Å². The lowest BCUT2D eigenvalue weighted by atomic mass is 9.94. The summed E-state index contributed by atoms with van der Waals surface area (Å²) < 4.78 is 39.3. The van der Waals surface area contributed by atoms with Crippen LogP contribution in [0.25, 0.3) is 0 Å². The highest BCUT2D eigenvalue weighted by Gasteiger charge is 2.31. The van der Waals surface area contributed by atoms with E-state index in [-0.39, 0.29) is 5.69 Å². The Morgan fingerprint density at radius 2 is 1.52 bits per heavy atom. The van der Waals surface area contributed by atoms with Crippen molar-refractivity contribution in [3.63, 3.8) is 0 Å². The SMILES string of the molecule is Cc1ccccc1[C@H](NC(=O)[C@H](C)N(c1ccc(F)cc1)S(C)(=O)=O)c1ccccc1. The van der Waals surface area contributed by atoms with E-state index >= 15 is 0 Å². The average Bonchev–Trinajstić information content (AvgIpc) is 2.73. The maximum absolute atomic E-state index is 13.3. The Morgan fingerprint density at radius 3 is 2.10 bits per heavy atom. The zero-order valence-electron chi connectivity index (χ0n) is 17.6. The number of aryl methyl sites for hydroxylation is 1. The van der Waals surface area contributed by atoms with E-state index in [2.05, 4.69) is 5.32 Å². The number of carbonyl (C=O) groups excluding carboxylic acids is 1. The fraction of sp³-hybridized carbons (Fsp3) is 0.208. The van der Waals surface area contributed by atoms with Crippen LogP contribution in [0.15, 0.2) is 78.9 Å². The van der Waals surface area contributed by atoms with Crippen LogP contribution in [0.1, 0.15) is 29.7 Å². The van der Waals surface area contributed by atoms with Crippen molar-refractivity contribution in [1.29, 1.82) is 0 Å². The number of hydrogen-bond donors (Lipinski definition) is 1. The third kappa shape index (κ3) is 5.30. The number of amides is 1. The smallest absolute Gasteiger partial charge is 0.244 e. The van der Waals surface area contributed by atoms with Gasteiger partial charge >= 0.3 is 0 Å². The number of sulfonamides is 1. The second-order valence-electron chi connectivity index (χ2n) is 7.42. The van der Waals surface area contributed by atoms with Gasteiger partial charge in [0.1, 0.15) is 11.9 Å². The molecule has 3 aromatic rings. The van der Waals surface area contributed by atoms with Crippen molar-refractivity contribution in [1.82, 2.24) is 5.32 Å². The molecule has 0 saturated heterocycles. The van der Waals surface area contributed by atoms with E-state index in [0.717, 1.165) is 39.4 Å². The highest BCUT2D eigenvalue weighted by Crippen LogP contribution is 2.26. The second kappa shape index (κ2) is 9.31. The molecule has 5 nitrogen and oxygen atoms in total. The fourth-order valence-corrected chi connectivity index (χ4v) is 4.73. The molecule has 162 valence electrons. The summed E-state index contributed by atoms with van der Waals surface area (Å²) in [5.74, 6) is -0.954. The summed E-state index contributed by atoms with van der Waals surface area (Å²) in [5.41, 5.74) is 3.02. The Morgan fingerprint density at radius 1 is 0.935 bits per heavy atom. The van der Waals surface area contributed by atoms with Crippen molar-refractivity contribution >= 4 is 21.6 Å². The summed E-state index contributed by atoms with van der Waals surface area (Å²) in [4.78, 5) is 13.2. The van der Waals surface area contributed by atoms with Crippen LogP contribution in [0.5, 0.6) is 0 Å². The Bertz CT molecular complexity index is 1150. The molecule has 3 rings (SSSR count). The maximum Gasteiger partial charge on any atom is 0.244 e. The molecule has 0 aliphatic heterocycles. The molecule has 0 saturated carbocycles. The highest BCUT2D eigenvalue weighted by molar-refractivity contribution is 7.92. The first-order valence-electron chi connectivity index (χ1n) is 9.84. The summed E-state index contributed by atoms with van der Waals surface area (Å²) in [5, 5.41) is 3.00. The number of rotatable bonds is 7. The second-order valence-corrected chi connectivity index (χ2v) is 9.28. The molecule has 7 heteroatoms. The molecular formula is C24H25FN2O3S. The van der Waals surface area contributed by atoms with Crippen LogP contribution in [0.2, 0.25) is 0 Å². The van der Waals surface area contributed by atoms with Gasteiger partial charge in [-0.25, -0.2) is 12.8 Å². The first kappa shape index (κ1) is 22.5. The van der Waals surface area contributed by atoms with Gasteiger partial charge in [-0.05, 0) is 54.8 Å². The van der Waals surface area contributed by atoms with Gasteiger partial charge in [-0.2, -0.15) is 0 Å². The van der Waals surface area contributed by atoms with Crippen LogP contribution >= 0.6 is 0 Å². The zero-order chi connectivity index (χ0) is 22.6. The Balaban J connectivity index is 1.96. The molecule has 1 N–H and O–H groups in total. The predicted octanol–water partition coefficient (Wildman–Crippen LogP) is 4.19. The molecule has 0 heterocycles. The number of hydrogen-bond acceptors (Lipinski definition) is 3. The summed E-state index contributed by atoms with van der Waals surface area (Å²) >= 11 is 0. The van der Waals surface area contributed by atoms with E-state index in [1.165, 1.54) is 19.1 Å². The number of halogens is 1. The molecule has 0 bridgehead atoms. The summed E-state index contributed by atoms with van der Waals surface area (Å²) in [6, 6.07) is 20.7. The van der Waals surface area contributed by atoms with Crippen LogP contribution in [0, 0.1) is 12.7 Å². The molecule has 2 atom stereocenters. The molecule has 3 aromatic carbocycles. The van der Waals surface area contributed by atoms with E-state index < -0.39 is 33.8 Å². The van der Waals surface area contributed by atoms with E-state index in [1.54, 1.807) is 0 Å². The molecule has 31 heavy (non-hydrogen) atoms. The quantitative estimate of drug-likeness (QED) is 0.599. The summed E-state index contributed by atoms with van der Waals surface area (Å²) in [6.07, 6.45) is 1.02. The van der Waals surface area contributed by atoms with E-state index in [0.29, 0.717) is 0 Å². The molecule has 1 amide bonds. The Kier molecular flexibility index (Phi) is 6.75. The lowest BCUT2D eigenvalue weighted by Crippen LogP contribution is -2.48. The first-order chi connectivity index (χ1) is 14.7. The number of carbonyl (C=O) groups is 1. The topological polar surface area (TPSA) is 66.5 Å². The lowest BCUT2D eigenvalue weighted by Gasteiger charge is -2.30. The van der Waals surface area contributed by atoms with E-state index in [1.807, 2.05) is 61.5 Å². The summed E-state index contributed by atoms with van der Waals surface area (Å²) in [7, 11) is -3.80. The molecule has 0 unspecified atom stereocenters. The third-order valence-electron chi connectivity index (χ3n) is 5.09. The van der Waals surface area contributed by atoms with Gasteiger partial charge in [0.15, 0.2) is 0 Å². The molecule has 0 radical (unpaired) electrons. The van der Waals surface area contributed by atoms with Crippen molar-refractivity contribution in [3.05, 3.63) is 101 Å². The average molecular weight is 441 g/mol. The van der Waals surface area contributed by atoms with Gasteiger partial charge in [0.05, 0.1) is 18.0 Å². The molecule has 0 fully saturated rings. The molecule has 0 aromatic heterocycles. The number of nitrogens with zero attached hydrogens (tertiary/aromatic N) is 1.